The van der Waals surface area contributed by atoms with E-state index in [0.717, 1.165) is 0 Å². The van der Waals surface area contributed by atoms with Crippen LogP contribution in [-0.4, -0.2) is 27.5 Å². The molecule has 2 aromatic rings. The van der Waals surface area contributed by atoms with Crippen LogP contribution in [0, 0.1) is 6.92 Å². The summed E-state index contributed by atoms with van der Waals surface area (Å²) in [5.41, 5.74) is 6.64. The van der Waals surface area contributed by atoms with Gasteiger partial charge in [0.25, 0.3) is 5.71 Å². The van der Waals surface area contributed by atoms with Gasteiger partial charge in [0, 0.05) is 19.5 Å². The Kier molecular flexibility index (Phi) is 2.51. The van der Waals surface area contributed by atoms with Gasteiger partial charge in [0.1, 0.15) is 5.52 Å². The van der Waals surface area contributed by atoms with Crippen LogP contribution >= 0.6 is 0 Å². The normalized spacial score (nSPS) is 13.0. The third-order valence-corrected chi connectivity index (χ3v) is 1.99. The van der Waals surface area contributed by atoms with Gasteiger partial charge in [-0.25, -0.2) is 9.97 Å². The quantitative estimate of drug-likeness (QED) is 0.769. The molecule has 1 atom stereocenters. The van der Waals surface area contributed by atoms with Gasteiger partial charge in [-0.2, -0.15) is 4.98 Å². The van der Waals surface area contributed by atoms with Crippen LogP contribution in [0.3, 0.4) is 0 Å². The van der Waals surface area contributed by atoms with Crippen molar-refractivity contribution in [1.82, 2.24) is 15.0 Å². The van der Waals surface area contributed by atoms with Crippen LogP contribution in [0.2, 0.25) is 0 Å². The Hall–Kier alpha value is -1.69. The summed E-state index contributed by atoms with van der Waals surface area (Å²) in [6.45, 7) is 4.26. The number of rotatable bonds is 3. The average molecular weight is 207 g/mol. The first kappa shape index (κ1) is 9.85. The fourth-order valence-electron chi connectivity index (χ4n) is 1.19. The lowest BCUT2D eigenvalue weighted by Crippen LogP contribution is -2.26. The molecule has 6 heteroatoms. The molecule has 0 bridgehead atoms. The summed E-state index contributed by atoms with van der Waals surface area (Å²) in [5, 5.41) is 3.06. The van der Waals surface area contributed by atoms with Crippen molar-refractivity contribution in [3.8, 4) is 0 Å². The van der Waals surface area contributed by atoms with Gasteiger partial charge >= 0.3 is 0 Å². The van der Waals surface area contributed by atoms with Gasteiger partial charge in [-0.3, -0.25) is 0 Å². The second-order valence-electron chi connectivity index (χ2n) is 3.40. The maximum atomic E-state index is 5.48. The van der Waals surface area contributed by atoms with Crippen molar-refractivity contribution in [3.05, 3.63) is 12.1 Å². The summed E-state index contributed by atoms with van der Waals surface area (Å²) >= 11 is 0. The van der Waals surface area contributed by atoms with E-state index in [1.165, 1.54) is 0 Å². The molecule has 15 heavy (non-hydrogen) atoms. The highest BCUT2D eigenvalue weighted by atomic mass is 16.4. The molecule has 2 aromatic heterocycles. The fourth-order valence-corrected chi connectivity index (χ4v) is 1.19. The number of nitrogens with two attached hydrogens (primary N) is 1. The second-order valence-corrected chi connectivity index (χ2v) is 3.40. The lowest BCUT2D eigenvalue weighted by atomic mass is 10.3. The standard InChI is InChI=1S/C9H13N5O/c1-5(3-10)12-9-11-4-7-8(14-9)15-6(2)13-7/h4-5H,3,10H2,1-2H3,(H,11,12,14). The molecule has 0 saturated heterocycles. The highest BCUT2D eigenvalue weighted by Gasteiger charge is 2.07. The zero-order chi connectivity index (χ0) is 10.8. The molecule has 0 radical (unpaired) electrons. The van der Waals surface area contributed by atoms with E-state index in [1.54, 1.807) is 13.1 Å². The molecule has 0 aliphatic heterocycles. The zero-order valence-corrected chi connectivity index (χ0v) is 8.69. The van der Waals surface area contributed by atoms with Crippen LogP contribution in [-0.2, 0) is 0 Å². The van der Waals surface area contributed by atoms with Gasteiger partial charge in [0.05, 0.1) is 6.20 Å². The van der Waals surface area contributed by atoms with Gasteiger partial charge in [-0.05, 0) is 6.92 Å². The molecule has 1 unspecified atom stereocenters. The minimum Gasteiger partial charge on any atom is -0.422 e. The molecule has 6 nitrogen and oxygen atoms in total. The molecule has 3 N–H and O–H groups in total. The van der Waals surface area contributed by atoms with E-state index < -0.39 is 0 Å². The van der Waals surface area contributed by atoms with E-state index in [-0.39, 0.29) is 6.04 Å². The summed E-state index contributed by atoms with van der Waals surface area (Å²) in [7, 11) is 0. The molecule has 2 rings (SSSR count). The van der Waals surface area contributed by atoms with Gasteiger partial charge in [-0.15, -0.1) is 0 Å². The van der Waals surface area contributed by atoms with Gasteiger partial charge in [0.15, 0.2) is 5.89 Å². The second kappa shape index (κ2) is 3.82. The molecule has 0 aliphatic rings. The maximum absolute atomic E-state index is 5.48. The first-order chi connectivity index (χ1) is 7.19. The van der Waals surface area contributed by atoms with E-state index in [2.05, 4.69) is 20.3 Å². The molecule has 0 spiro atoms. The summed E-state index contributed by atoms with van der Waals surface area (Å²) in [4.78, 5) is 12.4. The monoisotopic (exact) mass is 207 g/mol. The number of hydrogen-bond acceptors (Lipinski definition) is 6. The Balaban J connectivity index is 2.30. The van der Waals surface area contributed by atoms with Gasteiger partial charge in [-0.1, -0.05) is 0 Å². The highest BCUT2D eigenvalue weighted by Crippen LogP contribution is 2.13. The highest BCUT2D eigenvalue weighted by molar-refractivity contribution is 5.68. The number of fused-ring (bicyclic) bond motifs is 1. The predicted octanol–water partition coefficient (Wildman–Crippen LogP) is 0.685. The van der Waals surface area contributed by atoms with Crippen molar-refractivity contribution in [2.24, 2.45) is 5.73 Å². The Morgan fingerprint density at radius 3 is 3.07 bits per heavy atom. The van der Waals surface area contributed by atoms with E-state index in [0.29, 0.717) is 29.6 Å². The summed E-state index contributed by atoms with van der Waals surface area (Å²) < 4.78 is 5.29. The van der Waals surface area contributed by atoms with Crippen LogP contribution in [0.1, 0.15) is 12.8 Å². The van der Waals surface area contributed by atoms with E-state index in [9.17, 15) is 0 Å². The van der Waals surface area contributed by atoms with Crippen molar-refractivity contribution in [3.63, 3.8) is 0 Å². The summed E-state index contributed by atoms with van der Waals surface area (Å²) in [5.74, 6) is 1.10. The van der Waals surface area contributed by atoms with Crippen LogP contribution in [0.5, 0.6) is 0 Å². The molecule has 0 amide bonds. The number of aryl methyl sites for hydroxylation is 1. The Labute approximate surface area is 86.9 Å². The smallest absolute Gasteiger partial charge is 0.251 e. The zero-order valence-electron chi connectivity index (χ0n) is 8.69. The Morgan fingerprint density at radius 1 is 1.53 bits per heavy atom. The van der Waals surface area contributed by atoms with Crippen molar-refractivity contribution >= 4 is 17.2 Å². The van der Waals surface area contributed by atoms with Crippen molar-refractivity contribution in [1.29, 1.82) is 0 Å². The Morgan fingerprint density at radius 2 is 2.33 bits per heavy atom. The number of oxazole rings is 1. The molecule has 80 valence electrons. The molecule has 0 aliphatic carbocycles. The third kappa shape index (κ3) is 2.04. The Bertz CT molecular complexity index is 466. The largest absolute Gasteiger partial charge is 0.422 e. The number of hydrogen-bond donors (Lipinski definition) is 2. The molecule has 0 fully saturated rings. The minimum atomic E-state index is 0.131. The number of nitrogens with zero attached hydrogens (tertiary/aromatic N) is 3. The lowest BCUT2D eigenvalue weighted by Gasteiger charge is -2.09. The van der Waals surface area contributed by atoms with Crippen molar-refractivity contribution in [2.45, 2.75) is 19.9 Å². The van der Waals surface area contributed by atoms with Gasteiger partial charge in [0.2, 0.25) is 5.95 Å². The summed E-state index contributed by atoms with van der Waals surface area (Å²) in [6, 6.07) is 0.131. The van der Waals surface area contributed by atoms with E-state index in [1.807, 2.05) is 6.92 Å². The van der Waals surface area contributed by atoms with E-state index in [4.69, 9.17) is 10.2 Å². The van der Waals surface area contributed by atoms with Crippen LogP contribution in [0.4, 0.5) is 5.95 Å². The van der Waals surface area contributed by atoms with Crippen LogP contribution in [0.15, 0.2) is 10.6 Å². The molecule has 2 heterocycles. The maximum Gasteiger partial charge on any atom is 0.251 e. The number of aromatic nitrogens is 3. The number of nitrogens with one attached hydrogen (secondary N) is 1. The minimum absolute atomic E-state index is 0.131. The lowest BCUT2D eigenvalue weighted by molar-refractivity contribution is 0.551. The topological polar surface area (TPSA) is 89.9 Å². The van der Waals surface area contributed by atoms with Gasteiger partial charge < -0.3 is 15.5 Å². The summed E-state index contributed by atoms with van der Waals surface area (Å²) in [6.07, 6.45) is 1.63. The van der Waals surface area contributed by atoms with Crippen LogP contribution in [0.25, 0.3) is 11.2 Å². The number of anilines is 1. The molecular formula is C9H13N5O. The van der Waals surface area contributed by atoms with Crippen LogP contribution < -0.4 is 11.1 Å². The van der Waals surface area contributed by atoms with Crippen molar-refractivity contribution in [2.75, 3.05) is 11.9 Å². The first-order valence-corrected chi connectivity index (χ1v) is 4.76. The van der Waals surface area contributed by atoms with Crippen molar-refractivity contribution < 1.29 is 4.42 Å². The average Bonchev–Trinajstić information content (AvgIpc) is 2.57. The third-order valence-electron chi connectivity index (χ3n) is 1.99. The van der Waals surface area contributed by atoms with E-state index >= 15 is 0 Å². The first-order valence-electron chi connectivity index (χ1n) is 4.76. The fraction of sp³-hybridized carbons (Fsp3) is 0.444. The SMILES string of the molecule is Cc1nc2cnc(NC(C)CN)nc2o1. The predicted molar refractivity (Wildman–Crippen MR) is 56.5 cm³/mol. The molecule has 0 aromatic carbocycles. The molecule has 0 saturated carbocycles. The molecular weight excluding hydrogens is 194 g/mol.